The molecule has 3 aromatic carbocycles. The van der Waals surface area contributed by atoms with Crippen molar-refractivity contribution in [3.8, 4) is 11.1 Å². The van der Waals surface area contributed by atoms with E-state index in [1.54, 1.807) is 6.07 Å². The molecular weight excluding hydrogens is 410 g/mol. The molecule has 0 saturated carbocycles. The van der Waals surface area contributed by atoms with Gasteiger partial charge in [0.25, 0.3) is 0 Å². The van der Waals surface area contributed by atoms with Gasteiger partial charge in [0.15, 0.2) is 12.4 Å². The highest BCUT2D eigenvalue weighted by Crippen LogP contribution is 2.38. The Hall–Kier alpha value is -3.38. The van der Waals surface area contributed by atoms with Crippen LogP contribution >= 0.6 is 11.8 Å². The van der Waals surface area contributed by atoms with Crippen molar-refractivity contribution in [1.29, 1.82) is 0 Å². The van der Waals surface area contributed by atoms with Gasteiger partial charge in [0.1, 0.15) is 0 Å². The molecule has 3 aromatic rings. The number of carbonyl (C=O) groups excluding carboxylic acids is 3. The largest absolute Gasteiger partial charge is 0.457 e. The van der Waals surface area contributed by atoms with Crippen LogP contribution in [0.5, 0.6) is 0 Å². The normalized spacial score (nSPS) is 16.0. The van der Waals surface area contributed by atoms with E-state index in [1.807, 2.05) is 48.5 Å². The van der Waals surface area contributed by atoms with Crippen LogP contribution in [0.25, 0.3) is 11.1 Å². The number of ether oxygens (including phenoxy) is 1. The van der Waals surface area contributed by atoms with Gasteiger partial charge >= 0.3 is 5.97 Å². The first-order valence-corrected chi connectivity index (χ1v) is 10.9. The fourth-order valence-corrected chi connectivity index (χ4v) is 5.06. The number of hydrogen-bond acceptors (Lipinski definition) is 5. The summed E-state index contributed by atoms with van der Waals surface area (Å²) >= 11 is 1.33. The standard InChI is InChI=1S/C25H19NO4S/c27-21(17-10-9-16-11-15-5-1-2-6-18(15)19(16)12-17)14-30-24(28)13-23-25(29)26-20-7-3-4-8-22(20)31-23/h1-10,12,23H,11,13-14H2,(H,26,29). The van der Waals surface area contributed by atoms with E-state index in [1.165, 1.54) is 22.9 Å². The van der Waals surface area contributed by atoms with Crippen LogP contribution in [0, 0.1) is 0 Å². The molecule has 154 valence electrons. The van der Waals surface area contributed by atoms with E-state index < -0.39 is 11.2 Å². The number of Topliss-reactive ketones (excluding diaryl/α,β-unsaturated/α-hetero) is 1. The van der Waals surface area contributed by atoms with Crippen molar-refractivity contribution in [3.05, 3.63) is 83.4 Å². The summed E-state index contributed by atoms with van der Waals surface area (Å²) in [6.45, 7) is -0.338. The summed E-state index contributed by atoms with van der Waals surface area (Å²) in [5, 5.41) is 2.23. The van der Waals surface area contributed by atoms with Crippen molar-refractivity contribution in [2.75, 3.05) is 11.9 Å². The van der Waals surface area contributed by atoms with Crippen molar-refractivity contribution in [3.63, 3.8) is 0 Å². The van der Waals surface area contributed by atoms with Crippen LogP contribution in [0.3, 0.4) is 0 Å². The minimum atomic E-state index is -0.575. The number of benzene rings is 3. The topological polar surface area (TPSA) is 72.5 Å². The van der Waals surface area contributed by atoms with Crippen molar-refractivity contribution in [1.82, 2.24) is 0 Å². The first-order chi connectivity index (χ1) is 15.1. The lowest BCUT2D eigenvalue weighted by molar-refractivity contribution is -0.143. The number of hydrogen-bond donors (Lipinski definition) is 1. The Labute approximate surface area is 183 Å². The molecule has 1 aliphatic carbocycles. The highest BCUT2D eigenvalue weighted by atomic mass is 32.2. The number of thioether (sulfide) groups is 1. The van der Waals surface area contributed by atoms with E-state index in [0.29, 0.717) is 5.56 Å². The Kier molecular flexibility index (Phi) is 5.08. The van der Waals surface area contributed by atoms with Gasteiger partial charge in [0.05, 0.1) is 17.4 Å². The first kappa shape index (κ1) is 19.6. The third-order valence-electron chi connectivity index (χ3n) is 5.54. The number of anilines is 1. The average molecular weight is 429 g/mol. The Morgan fingerprint density at radius 1 is 0.968 bits per heavy atom. The maximum atomic E-state index is 12.6. The highest BCUT2D eigenvalue weighted by molar-refractivity contribution is 8.01. The van der Waals surface area contributed by atoms with E-state index >= 15 is 0 Å². The number of esters is 1. The Morgan fingerprint density at radius 3 is 2.65 bits per heavy atom. The lowest BCUT2D eigenvalue weighted by atomic mass is 10.0. The Morgan fingerprint density at radius 2 is 1.74 bits per heavy atom. The van der Waals surface area contributed by atoms with Crippen LogP contribution in [-0.2, 0) is 20.7 Å². The molecular formula is C25H19NO4S. The number of nitrogens with one attached hydrogen (secondary N) is 1. The Bertz CT molecular complexity index is 1220. The third-order valence-corrected chi connectivity index (χ3v) is 6.82. The van der Waals surface area contributed by atoms with E-state index in [2.05, 4.69) is 17.4 Å². The lowest BCUT2D eigenvalue weighted by Gasteiger charge is -2.23. The SMILES string of the molecule is O=C(CC1Sc2ccccc2NC1=O)OCC(=O)c1ccc2c(c1)-c1ccccc1C2. The molecule has 1 atom stereocenters. The predicted octanol–water partition coefficient (Wildman–Crippen LogP) is 4.49. The zero-order valence-corrected chi connectivity index (χ0v) is 17.4. The maximum absolute atomic E-state index is 12.6. The quantitative estimate of drug-likeness (QED) is 0.374. The van der Waals surface area contributed by atoms with Gasteiger partial charge in [-0.25, -0.2) is 0 Å². The summed E-state index contributed by atoms with van der Waals surface area (Å²) in [7, 11) is 0. The summed E-state index contributed by atoms with van der Waals surface area (Å²) in [4.78, 5) is 38.1. The van der Waals surface area contributed by atoms with Gasteiger partial charge in [0, 0.05) is 10.5 Å². The zero-order chi connectivity index (χ0) is 21.4. The second-order valence-corrected chi connectivity index (χ2v) is 8.83. The number of amides is 1. The van der Waals surface area contributed by atoms with E-state index in [-0.39, 0.29) is 24.7 Å². The molecule has 6 heteroatoms. The molecule has 5 nitrogen and oxygen atoms in total. The Balaban J connectivity index is 1.21. The minimum absolute atomic E-state index is 0.0876. The molecule has 0 aromatic heterocycles. The fourth-order valence-electron chi connectivity index (χ4n) is 3.96. The minimum Gasteiger partial charge on any atom is -0.457 e. The van der Waals surface area contributed by atoms with Crippen molar-refractivity contribution in [2.24, 2.45) is 0 Å². The molecule has 1 amide bonds. The van der Waals surface area contributed by atoms with Gasteiger partial charge in [-0.15, -0.1) is 11.8 Å². The second-order valence-electron chi connectivity index (χ2n) is 7.59. The van der Waals surface area contributed by atoms with Gasteiger partial charge in [-0.3, -0.25) is 14.4 Å². The smallest absolute Gasteiger partial charge is 0.307 e. The van der Waals surface area contributed by atoms with Gasteiger partial charge < -0.3 is 10.1 Å². The van der Waals surface area contributed by atoms with Gasteiger partial charge in [-0.2, -0.15) is 0 Å². The van der Waals surface area contributed by atoms with Crippen LogP contribution in [0.15, 0.2) is 71.6 Å². The fraction of sp³-hybridized carbons (Fsp3) is 0.160. The molecule has 0 bridgehead atoms. The van der Waals surface area contributed by atoms with Crippen LogP contribution < -0.4 is 5.32 Å². The number of ketones is 1. The molecule has 1 N–H and O–H groups in total. The second kappa shape index (κ2) is 8.04. The van der Waals surface area contributed by atoms with E-state index in [0.717, 1.165) is 28.1 Å². The van der Waals surface area contributed by atoms with Crippen LogP contribution in [0.2, 0.25) is 0 Å². The molecule has 1 unspecified atom stereocenters. The molecule has 0 saturated heterocycles. The van der Waals surface area contributed by atoms with Crippen LogP contribution in [0.4, 0.5) is 5.69 Å². The lowest BCUT2D eigenvalue weighted by Crippen LogP contribution is -2.31. The summed E-state index contributed by atoms with van der Waals surface area (Å²) in [6.07, 6.45) is 0.773. The molecule has 31 heavy (non-hydrogen) atoms. The molecule has 5 rings (SSSR count). The van der Waals surface area contributed by atoms with Crippen LogP contribution in [0.1, 0.15) is 27.9 Å². The number of para-hydroxylation sites is 1. The average Bonchev–Trinajstić information content (AvgIpc) is 3.16. The molecule has 1 aliphatic heterocycles. The zero-order valence-electron chi connectivity index (χ0n) is 16.6. The van der Waals surface area contributed by atoms with Crippen LogP contribution in [-0.4, -0.2) is 29.5 Å². The highest BCUT2D eigenvalue weighted by Gasteiger charge is 2.29. The number of carbonyl (C=O) groups is 3. The summed E-state index contributed by atoms with van der Waals surface area (Å²) in [5.41, 5.74) is 5.90. The van der Waals surface area contributed by atoms with Crippen molar-refractivity contribution >= 4 is 35.1 Å². The molecule has 0 spiro atoms. The molecule has 0 fully saturated rings. The van der Waals surface area contributed by atoms with Gasteiger partial charge in [-0.05, 0) is 46.9 Å². The molecule has 0 radical (unpaired) electrons. The summed E-state index contributed by atoms with van der Waals surface area (Å²) < 4.78 is 5.20. The first-order valence-electron chi connectivity index (χ1n) is 10.0. The molecule has 1 heterocycles. The predicted molar refractivity (Wildman–Crippen MR) is 119 cm³/mol. The number of fused-ring (bicyclic) bond motifs is 4. The van der Waals surface area contributed by atoms with E-state index in [9.17, 15) is 14.4 Å². The van der Waals surface area contributed by atoms with Gasteiger partial charge in [-0.1, -0.05) is 48.5 Å². The number of rotatable bonds is 5. The van der Waals surface area contributed by atoms with Crippen molar-refractivity contribution in [2.45, 2.75) is 23.0 Å². The van der Waals surface area contributed by atoms with E-state index in [4.69, 9.17) is 4.74 Å². The van der Waals surface area contributed by atoms with Gasteiger partial charge in [0.2, 0.25) is 5.91 Å². The van der Waals surface area contributed by atoms with Crippen molar-refractivity contribution < 1.29 is 19.1 Å². The monoisotopic (exact) mass is 429 g/mol. The molecule has 2 aliphatic rings. The third kappa shape index (κ3) is 3.86. The summed E-state index contributed by atoms with van der Waals surface area (Å²) in [5.74, 6) is -1.05. The summed E-state index contributed by atoms with van der Waals surface area (Å²) in [6, 6.07) is 21.2. The maximum Gasteiger partial charge on any atom is 0.307 e.